The van der Waals surface area contributed by atoms with Crippen molar-refractivity contribution < 1.29 is 13.2 Å². The van der Waals surface area contributed by atoms with Crippen LogP contribution in [0.15, 0.2) is 46.4 Å². The average molecular weight is 532 g/mol. The molecule has 5 aromatic rings. The molecular weight excluding hydrogens is 515 g/mol. The Kier molecular flexibility index (Phi) is 6.03. The van der Waals surface area contributed by atoms with Gasteiger partial charge in [0.1, 0.15) is 6.33 Å². The standard InChI is InChI=1S/C22H17ClF3N9O2/c1-32-7-12-5-16(13(23)6-15(12)30-32)28-20-29-21(36)35(9-17-27-10-33(2)31-17)22(37)34(20)8-11-3-4-14(24)19(26)18(11)25/h3-7,10H,8-9H2,1-2H3,(H,28,29,36). The Balaban J connectivity index is 1.64. The van der Waals surface area contributed by atoms with Crippen LogP contribution in [0.3, 0.4) is 0 Å². The zero-order chi connectivity index (χ0) is 26.4. The Morgan fingerprint density at radius 3 is 2.49 bits per heavy atom. The molecule has 0 aliphatic rings. The van der Waals surface area contributed by atoms with Crippen molar-refractivity contribution in [3.8, 4) is 0 Å². The molecule has 37 heavy (non-hydrogen) atoms. The average Bonchev–Trinajstić information content (AvgIpc) is 3.42. The lowest BCUT2D eigenvalue weighted by Crippen LogP contribution is -2.43. The van der Waals surface area contributed by atoms with E-state index in [1.54, 1.807) is 37.1 Å². The van der Waals surface area contributed by atoms with Crippen molar-refractivity contribution in [1.82, 2.24) is 38.7 Å². The van der Waals surface area contributed by atoms with E-state index in [-0.39, 0.29) is 34.6 Å². The van der Waals surface area contributed by atoms with Crippen LogP contribution in [-0.2, 0) is 27.2 Å². The molecule has 2 aromatic carbocycles. The van der Waals surface area contributed by atoms with Crippen molar-refractivity contribution >= 4 is 34.1 Å². The number of nitrogens with one attached hydrogen (secondary N) is 1. The summed E-state index contributed by atoms with van der Waals surface area (Å²) >= 11 is 6.38. The number of anilines is 2. The van der Waals surface area contributed by atoms with Gasteiger partial charge in [0.05, 0.1) is 29.3 Å². The summed E-state index contributed by atoms with van der Waals surface area (Å²) in [7, 11) is 3.34. The van der Waals surface area contributed by atoms with E-state index < -0.39 is 35.4 Å². The van der Waals surface area contributed by atoms with Crippen molar-refractivity contribution in [1.29, 1.82) is 0 Å². The third-order valence-electron chi connectivity index (χ3n) is 5.49. The first-order valence-electron chi connectivity index (χ1n) is 10.7. The van der Waals surface area contributed by atoms with Crippen molar-refractivity contribution in [2.24, 2.45) is 14.1 Å². The Morgan fingerprint density at radius 1 is 0.973 bits per heavy atom. The van der Waals surface area contributed by atoms with Gasteiger partial charge in [-0.05, 0) is 18.2 Å². The second-order valence-electron chi connectivity index (χ2n) is 8.16. The summed E-state index contributed by atoms with van der Waals surface area (Å²) in [5.74, 6) is -4.69. The molecule has 3 heterocycles. The van der Waals surface area contributed by atoms with Crippen LogP contribution in [0.4, 0.5) is 24.8 Å². The first kappa shape index (κ1) is 24.2. The molecule has 0 spiro atoms. The molecule has 0 bridgehead atoms. The van der Waals surface area contributed by atoms with Crippen LogP contribution >= 0.6 is 11.6 Å². The summed E-state index contributed by atoms with van der Waals surface area (Å²) in [5.41, 5.74) is -1.33. The van der Waals surface area contributed by atoms with Gasteiger partial charge in [-0.1, -0.05) is 17.7 Å². The highest BCUT2D eigenvalue weighted by molar-refractivity contribution is 6.34. The highest BCUT2D eigenvalue weighted by Crippen LogP contribution is 2.29. The monoisotopic (exact) mass is 531 g/mol. The molecule has 190 valence electrons. The van der Waals surface area contributed by atoms with Gasteiger partial charge in [0.2, 0.25) is 5.95 Å². The fraction of sp³-hybridized carbons (Fsp3) is 0.182. The highest BCUT2D eigenvalue weighted by atomic mass is 35.5. The lowest BCUT2D eigenvalue weighted by Gasteiger charge is -2.16. The van der Waals surface area contributed by atoms with Crippen LogP contribution in [0.1, 0.15) is 11.4 Å². The molecule has 0 amide bonds. The molecule has 11 nitrogen and oxygen atoms in total. The molecule has 0 radical (unpaired) electrons. The van der Waals surface area contributed by atoms with E-state index in [9.17, 15) is 22.8 Å². The molecule has 0 fully saturated rings. The van der Waals surface area contributed by atoms with Crippen LogP contribution in [-0.4, -0.2) is 38.7 Å². The molecule has 0 saturated carbocycles. The van der Waals surface area contributed by atoms with E-state index in [1.165, 1.54) is 11.0 Å². The number of aryl methyl sites for hydroxylation is 2. The molecule has 3 aromatic heterocycles. The maximum Gasteiger partial charge on any atom is 0.355 e. The largest absolute Gasteiger partial charge is 0.355 e. The van der Waals surface area contributed by atoms with Crippen LogP contribution in [0.2, 0.25) is 5.02 Å². The van der Waals surface area contributed by atoms with Crippen LogP contribution in [0, 0.1) is 17.5 Å². The minimum absolute atomic E-state index is 0.153. The van der Waals surface area contributed by atoms with Gasteiger partial charge in [-0.25, -0.2) is 32.3 Å². The summed E-state index contributed by atoms with van der Waals surface area (Å²) in [6.45, 7) is -0.908. The highest BCUT2D eigenvalue weighted by Gasteiger charge is 2.20. The van der Waals surface area contributed by atoms with Gasteiger partial charge < -0.3 is 5.32 Å². The van der Waals surface area contributed by atoms with Gasteiger partial charge in [0.25, 0.3) is 0 Å². The van der Waals surface area contributed by atoms with E-state index in [1.807, 2.05) is 0 Å². The fourth-order valence-corrected chi connectivity index (χ4v) is 3.95. The summed E-state index contributed by atoms with van der Waals surface area (Å²) in [6.07, 6.45) is 3.11. The smallest absolute Gasteiger partial charge is 0.324 e. The number of rotatable bonds is 6. The van der Waals surface area contributed by atoms with Gasteiger partial charge >= 0.3 is 11.4 Å². The van der Waals surface area contributed by atoms with E-state index >= 15 is 0 Å². The predicted molar refractivity (Wildman–Crippen MR) is 127 cm³/mol. The molecule has 0 atom stereocenters. The Hall–Kier alpha value is -4.46. The second kappa shape index (κ2) is 9.20. The van der Waals surface area contributed by atoms with E-state index in [4.69, 9.17) is 11.6 Å². The van der Waals surface area contributed by atoms with E-state index in [2.05, 4.69) is 25.5 Å². The Morgan fingerprint density at radius 2 is 1.76 bits per heavy atom. The first-order valence-corrected chi connectivity index (χ1v) is 11.1. The van der Waals surface area contributed by atoms with Crippen LogP contribution in [0.25, 0.3) is 10.9 Å². The number of hydrogen-bond acceptors (Lipinski definition) is 7. The van der Waals surface area contributed by atoms with Crippen molar-refractivity contribution in [3.63, 3.8) is 0 Å². The fourth-order valence-electron chi connectivity index (χ4n) is 3.74. The molecule has 5 rings (SSSR count). The Labute approximate surface area is 210 Å². The third kappa shape index (κ3) is 4.58. The molecule has 0 aliphatic heterocycles. The van der Waals surface area contributed by atoms with Crippen LogP contribution < -0.4 is 16.7 Å². The van der Waals surface area contributed by atoms with E-state index in [0.29, 0.717) is 10.9 Å². The number of fused-ring (bicyclic) bond motifs is 1. The zero-order valence-electron chi connectivity index (χ0n) is 19.3. The first-order chi connectivity index (χ1) is 17.6. The molecule has 0 unspecified atom stereocenters. The zero-order valence-corrected chi connectivity index (χ0v) is 20.0. The van der Waals surface area contributed by atoms with Crippen molar-refractivity contribution in [3.05, 3.63) is 91.6 Å². The van der Waals surface area contributed by atoms with Crippen molar-refractivity contribution in [2.75, 3.05) is 5.32 Å². The SMILES string of the molecule is Cn1cnc(Cn2c(=O)nc(Nc3cc4cn(C)nc4cc3Cl)n(Cc3ccc(F)c(F)c3F)c2=O)n1. The molecule has 15 heteroatoms. The molecule has 0 saturated heterocycles. The summed E-state index contributed by atoms with van der Waals surface area (Å²) in [5, 5.41) is 12.0. The maximum absolute atomic E-state index is 14.5. The number of nitrogens with zero attached hydrogens (tertiary/aromatic N) is 8. The Bertz CT molecular complexity index is 1790. The number of benzene rings is 2. The van der Waals surface area contributed by atoms with Gasteiger partial charge in [-0.15, -0.1) is 0 Å². The molecule has 1 N–H and O–H groups in total. The summed E-state index contributed by atoms with van der Waals surface area (Å²) < 4.78 is 46.5. The predicted octanol–water partition coefficient (Wildman–Crippen LogP) is 2.33. The van der Waals surface area contributed by atoms with Crippen molar-refractivity contribution in [2.45, 2.75) is 13.1 Å². The normalized spacial score (nSPS) is 11.4. The minimum Gasteiger partial charge on any atom is -0.324 e. The van der Waals surface area contributed by atoms with Gasteiger partial charge in [0.15, 0.2) is 23.3 Å². The van der Waals surface area contributed by atoms with E-state index in [0.717, 1.165) is 21.3 Å². The van der Waals surface area contributed by atoms with Gasteiger partial charge in [0, 0.05) is 31.2 Å². The topological polar surface area (TPSA) is 117 Å². The van der Waals surface area contributed by atoms with Crippen LogP contribution in [0.5, 0.6) is 0 Å². The minimum atomic E-state index is -1.69. The number of hydrogen-bond donors (Lipinski definition) is 1. The maximum atomic E-state index is 14.5. The summed E-state index contributed by atoms with van der Waals surface area (Å²) in [6, 6.07) is 4.93. The molecule has 0 aliphatic carbocycles. The number of halogens is 4. The number of aromatic nitrogens is 8. The summed E-state index contributed by atoms with van der Waals surface area (Å²) in [4.78, 5) is 34.2. The second-order valence-corrected chi connectivity index (χ2v) is 8.57. The molecular formula is C22H17ClF3N9O2. The van der Waals surface area contributed by atoms with Gasteiger partial charge in [-0.3, -0.25) is 13.9 Å². The lowest BCUT2D eigenvalue weighted by atomic mass is 10.2. The quantitative estimate of drug-likeness (QED) is 0.334. The van der Waals surface area contributed by atoms with Gasteiger partial charge in [-0.2, -0.15) is 15.2 Å². The third-order valence-corrected chi connectivity index (χ3v) is 5.81. The lowest BCUT2D eigenvalue weighted by molar-refractivity contribution is 0.437.